The smallest absolute Gasteiger partial charge is 0.326 e. The molecule has 0 aromatic rings. The summed E-state index contributed by atoms with van der Waals surface area (Å²) in [6, 6.07) is -0.621. The zero-order chi connectivity index (χ0) is 10.7. The molecular weight excluding hydrogens is 266 g/mol. The molecule has 1 heterocycles. The zero-order valence-electron chi connectivity index (χ0n) is 9.14. The second-order valence-corrected chi connectivity index (χ2v) is 3.98. The van der Waals surface area contributed by atoms with E-state index >= 15 is 0 Å². The van der Waals surface area contributed by atoms with Gasteiger partial charge in [0.2, 0.25) is 5.91 Å². The van der Waals surface area contributed by atoms with E-state index in [-0.39, 0.29) is 38.8 Å². The van der Waals surface area contributed by atoms with Crippen LogP contribution in [0, 0.1) is 5.92 Å². The predicted molar refractivity (Wildman–Crippen MR) is 76.1 cm³/mol. The van der Waals surface area contributed by atoms with Gasteiger partial charge in [-0.2, -0.15) is 39.6 Å². The van der Waals surface area contributed by atoms with E-state index in [2.05, 4.69) is 12.6 Å². The number of carboxylic acids is 1. The fraction of sp³-hybridized carbons (Fsp3) is 0.778. The van der Waals surface area contributed by atoms with Gasteiger partial charge < -0.3 is 10.0 Å². The molecule has 0 aliphatic carbocycles. The fourth-order valence-corrected chi connectivity index (χ4v) is 1.80. The third-order valence-electron chi connectivity index (χ3n) is 2.52. The third kappa shape index (κ3) is 4.10. The average Bonchev–Trinajstić information content (AvgIpc) is 2.63. The molecule has 0 radical (unpaired) electrons. The van der Waals surface area contributed by atoms with Gasteiger partial charge in [0, 0.05) is 18.2 Å². The molecule has 1 fully saturated rings. The summed E-state index contributed by atoms with van der Waals surface area (Å²) >= 11 is 4.03. The summed E-state index contributed by atoms with van der Waals surface area (Å²) < 4.78 is 0. The Labute approximate surface area is 115 Å². The van der Waals surface area contributed by atoms with Crippen LogP contribution in [0.4, 0.5) is 0 Å². The Morgan fingerprint density at radius 2 is 2.06 bits per heavy atom. The summed E-state index contributed by atoms with van der Waals surface area (Å²) in [5, 5.41) is 8.87. The summed E-state index contributed by atoms with van der Waals surface area (Å²) in [6.45, 7) is 2.33. The molecule has 7 heteroatoms. The highest BCUT2D eigenvalue weighted by atomic mass is 32.1. The lowest BCUT2D eigenvalue weighted by atomic mass is 10.1. The first-order valence-corrected chi connectivity index (χ1v) is 5.35. The van der Waals surface area contributed by atoms with Crippen LogP contribution in [0.2, 0.25) is 0 Å². The Hall–Kier alpha value is -0.0100. The van der Waals surface area contributed by atoms with Crippen molar-refractivity contribution in [3.63, 3.8) is 0 Å². The van der Waals surface area contributed by atoms with Gasteiger partial charge in [-0.3, -0.25) is 4.79 Å². The normalized spacial score (nSPS) is 20.6. The first-order valence-electron chi connectivity index (χ1n) is 4.72. The first kappa shape index (κ1) is 18.4. The second kappa shape index (κ2) is 8.14. The number of aliphatic carboxylic acids is 1. The Kier molecular flexibility index (Phi) is 9.33. The number of likely N-dealkylation sites (tertiary alicyclic amines) is 1. The van der Waals surface area contributed by atoms with Crippen molar-refractivity contribution in [3.8, 4) is 0 Å². The predicted octanol–water partition coefficient (Wildman–Crippen LogP) is 0.853. The number of hydrogen-bond acceptors (Lipinski definition) is 3. The van der Waals surface area contributed by atoms with Crippen molar-refractivity contribution in [1.82, 2.24) is 4.90 Å². The molecule has 0 aromatic heterocycles. The lowest BCUT2D eigenvalue weighted by Crippen LogP contribution is -2.43. The van der Waals surface area contributed by atoms with Gasteiger partial charge in [0.25, 0.3) is 0 Å². The van der Waals surface area contributed by atoms with Crippen molar-refractivity contribution in [1.29, 1.82) is 0 Å². The Bertz CT molecular complexity index is 250. The number of rotatable bonds is 3. The molecule has 1 amide bonds. The van der Waals surface area contributed by atoms with E-state index in [0.717, 1.165) is 6.42 Å². The zero-order valence-corrected chi connectivity index (χ0v) is 12.0. The van der Waals surface area contributed by atoms with Gasteiger partial charge in [0.05, 0.1) is 0 Å². The van der Waals surface area contributed by atoms with Crippen molar-refractivity contribution in [3.05, 3.63) is 0 Å². The number of amides is 1. The van der Waals surface area contributed by atoms with Gasteiger partial charge >= 0.3 is 5.97 Å². The molecule has 0 spiro atoms. The highest BCUT2D eigenvalue weighted by Crippen LogP contribution is 2.20. The molecule has 0 bridgehead atoms. The van der Waals surface area contributed by atoms with Gasteiger partial charge in [-0.05, 0) is 12.8 Å². The number of hydrogen-bond donors (Lipinski definition) is 2. The van der Waals surface area contributed by atoms with Crippen LogP contribution in [0.3, 0.4) is 0 Å². The van der Waals surface area contributed by atoms with Crippen molar-refractivity contribution < 1.29 is 14.7 Å². The molecule has 4 nitrogen and oxygen atoms in total. The highest BCUT2D eigenvalue weighted by Gasteiger charge is 2.35. The number of carbonyl (C=O) groups is 2. The maximum Gasteiger partial charge on any atom is 0.326 e. The summed E-state index contributed by atoms with van der Waals surface area (Å²) in [5.41, 5.74) is 0. The lowest BCUT2D eigenvalue weighted by Gasteiger charge is -2.24. The molecule has 0 saturated carbocycles. The monoisotopic (exact) mass is 285 g/mol. The second-order valence-electron chi connectivity index (χ2n) is 3.61. The number of carboxylic acid groups (broad SMARTS) is 1. The summed E-state index contributed by atoms with van der Waals surface area (Å²) in [6.07, 6.45) is 1.35. The van der Waals surface area contributed by atoms with E-state index in [4.69, 9.17) is 5.11 Å². The molecule has 1 N–H and O–H groups in total. The van der Waals surface area contributed by atoms with Gasteiger partial charge in [-0.15, -0.1) is 0 Å². The van der Waals surface area contributed by atoms with Crippen LogP contribution in [-0.2, 0) is 9.59 Å². The van der Waals surface area contributed by atoms with E-state index in [1.54, 1.807) is 6.92 Å². The minimum absolute atomic E-state index is 0. The van der Waals surface area contributed by atoms with Gasteiger partial charge in [0.1, 0.15) is 6.04 Å². The Morgan fingerprint density at radius 3 is 2.50 bits per heavy atom. The van der Waals surface area contributed by atoms with E-state index in [1.807, 2.05) is 0 Å². The largest absolute Gasteiger partial charge is 0.480 e. The standard InChI is InChI=1S/C9H15NO3S.2H2S/c1-6(5-14)8(11)10-4-2-3-7(10)9(12)13;;/h6-7,14H,2-5H2,1H3,(H,12,13);2*1H2/t6-,7+;;/m1../s1. The van der Waals surface area contributed by atoms with Crippen molar-refractivity contribution in [2.45, 2.75) is 25.8 Å². The lowest BCUT2D eigenvalue weighted by molar-refractivity contribution is -0.149. The highest BCUT2D eigenvalue weighted by molar-refractivity contribution is 7.80. The SMILES string of the molecule is C[C@H](CS)C(=O)N1CCC[C@H]1C(=O)O.S.S. The molecule has 1 aliphatic rings. The van der Waals surface area contributed by atoms with E-state index < -0.39 is 12.0 Å². The molecule has 16 heavy (non-hydrogen) atoms. The molecule has 0 aromatic carbocycles. The van der Waals surface area contributed by atoms with E-state index in [0.29, 0.717) is 18.7 Å². The maximum atomic E-state index is 11.7. The molecule has 2 atom stereocenters. The number of thiol groups is 1. The third-order valence-corrected chi connectivity index (χ3v) is 3.06. The van der Waals surface area contributed by atoms with Crippen LogP contribution in [0.25, 0.3) is 0 Å². The molecule has 0 unspecified atom stereocenters. The molecular formula is C9H19NO3S3. The Balaban J connectivity index is 0. The average molecular weight is 285 g/mol. The maximum absolute atomic E-state index is 11.7. The van der Waals surface area contributed by atoms with Crippen LogP contribution in [0.1, 0.15) is 19.8 Å². The topological polar surface area (TPSA) is 57.6 Å². The van der Waals surface area contributed by atoms with Crippen molar-refractivity contribution in [2.75, 3.05) is 12.3 Å². The van der Waals surface area contributed by atoms with Gasteiger partial charge in [0.15, 0.2) is 0 Å². The van der Waals surface area contributed by atoms with Gasteiger partial charge in [-0.25, -0.2) is 4.79 Å². The molecule has 96 valence electrons. The van der Waals surface area contributed by atoms with Gasteiger partial charge in [-0.1, -0.05) is 6.92 Å². The molecule has 1 saturated heterocycles. The van der Waals surface area contributed by atoms with Crippen LogP contribution in [0.15, 0.2) is 0 Å². The van der Waals surface area contributed by atoms with E-state index in [9.17, 15) is 9.59 Å². The summed E-state index contributed by atoms with van der Waals surface area (Å²) in [7, 11) is 0. The van der Waals surface area contributed by atoms with E-state index in [1.165, 1.54) is 4.90 Å². The van der Waals surface area contributed by atoms with Crippen LogP contribution < -0.4 is 0 Å². The first-order chi connectivity index (χ1) is 6.57. The summed E-state index contributed by atoms with van der Waals surface area (Å²) in [4.78, 5) is 24.0. The van der Waals surface area contributed by atoms with Crippen molar-refractivity contribution in [2.24, 2.45) is 5.92 Å². The number of carbonyl (C=O) groups excluding carboxylic acids is 1. The van der Waals surface area contributed by atoms with Crippen molar-refractivity contribution >= 4 is 51.5 Å². The molecule has 1 rings (SSSR count). The molecule has 1 aliphatic heterocycles. The minimum Gasteiger partial charge on any atom is -0.480 e. The van der Waals surface area contributed by atoms with Crippen LogP contribution >= 0.6 is 39.6 Å². The Morgan fingerprint density at radius 1 is 1.50 bits per heavy atom. The quantitative estimate of drug-likeness (QED) is 0.756. The van der Waals surface area contributed by atoms with Crippen LogP contribution in [-0.4, -0.2) is 40.2 Å². The minimum atomic E-state index is -0.901. The van der Waals surface area contributed by atoms with Crippen LogP contribution in [0.5, 0.6) is 0 Å². The number of nitrogens with zero attached hydrogens (tertiary/aromatic N) is 1. The summed E-state index contributed by atoms with van der Waals surface area (Å²) in [5.74, 6) is -0.729. The fourth-order valence-electron chi connectivity index (χ4n) is 1.65.